The SMILES string of the molecule is O=C(O)C1=C2SC(=NC(=O)C2=O)C1. The lowest BCUT2D eigenvalue weighted by molar-refractivity contribution is -0.134. The van der Waals surface area contributed by atoms with Crippen LogP contribution >= 0.6 is 11.8 Å². The molecule has 13 heavy (non-hydrogen) atoms. The molecule has 2 rings (SSSR count). The zero-order valence-electron chi connectivity index (χ0n) is 6.23. The van der Waals surface area contributed by atoms with Gasteiger partial charge in [0.1, 0.15) is 0 Å². The van der Waals surface area contributed by atoms with Crippen molar-refractivity contribution in [2.45, 2.75) is 6.42 Å². The third-order valence-corrected chi connectivity index (χ3v) is 2.81. The molecule has 6 heteroatoms. The van der Waals surface area contributed by atoms with E-state index in [1.54, 1.807) is 0 Å². The van der Waals surface area contributed by atoms with Gasteiger partial charge in [-0.3, -0.25) is 9.59 Å². The number of rotatable bonds is 1. The van der Waals surface area contributed by atoms with Gasteiger partial charge in [0.25, 0.3) is 5.78 Å². The molecule has 0 spiro atoms. The maximum atomic E-state index is 11.1. The molecular weight excluding hydrogens is 194 g/mol. The Labute approximate surface area is 76.5 Å². The summed E-state index contributed by atoms with van der Waals surface area (Å²) < 4.78 is 0. The monoisotopic (exact) mass is 197 g/mol. The van der Waals surface area contributed by atoms with Crippen molar-refractivity contribution >= 4 is 34.5 Å². The predicted molar refractivity (Wildman–Crippen MR) is 44.3 cm³/mol. The lowest BCUT2D eigenvalue weighted by atomic mass is 10.1. The lowest BCUT2D eigenvalue weighted by Gasteiger charge is -2.01. The molecule has 0 aromatic carbocycles. The molecule has 0 saturated heterocycles. The van der Waals surface area contributed by atoms with Gasteiger partial charge < -0.3 is 5.11 Å². The molecule has 1 amide bonds. The lowest BCUT2D eigenvalue weighted by Crippen LogP contribution is -2.16. The van der Waals surface area contributed by atoms with Gasteiger partial charge in [-0.05, 0) is 0 Å². The van der Waals surface area contributed by atoms with Crippen LogP contribution in [0, 0.1) is 0 Å². The van der Waals surface area contributed by atoms with Crippen LogP contribution in [-0.4, -0.2) is 27.8 Å². The molecule has 5 nitrogen and oxygen atoms in total. The van der Waals surface area contributed by atoms with Gasteiger partial charge in [0.2, 0.25) is 0 Å². The smallest absolute Gasteiger partial charge is 0.333 e. The van der Waals surface area contributed by atoms with E-state index in [0.717, 1.165) is 11.8 Å². The van der Waals surface area contributed by atoms with Crippen molar-refractivity contribution in [1.82, 2.24) is 0 Å². The third-order valence-electron chi connectivity index (χ3n) is 1.71. The average molecular weight is 197 g/mol. The minimum Gasteiger partial charge on any atom is -0.478 e. The second-order valence-corrected chi connectivity index (χ2v) is 3.62. The van der Waals surface area contributed by atoms with Gasteiger partial charge in [-0.15, -0.1) is 0 Å². The van der Waals surface area contributed by atoms with Gasteiger partial charge in [-0.25, -0.2) is 9.79 Å². The van der Waals surface area contributed by atoms with Crippen LogP contribution in [0.1, 0.15) is 6.42 Å². The highest BCUT2D eigenvalue weighted by Crippen LogP contribution is 2.37. The van der Waals surface area contributed by atoms with Crippen LogP contribution in [0.15, 0.2) is 15.5 Å². The molecule has 2 heterocycles. The van der Waals surface area contributed by atoms with Crippen molar-refractivity contribution in [3.63, 3.8) is 0 Å². The van der Waals surface area contributed by atoms with Crippen molar-refractivity contribution in [2.24, 2.45) is 4.99 Å². The Morgan fingerprint density at radius 2 is 2.15 bits per heavy atom. The van der Waals surface area contributed by atoms with E-state index in [1.807, 2.05) is 0 Å². The van der Waals surface area contributed by atoms with Gasteiger partial charge >= 0.3 is 11.9 Å². The number of aliphatic carboxylic acids is 1. The zero-order chi connectivity index (χ0) is 9.59. The summed E-state index contributed by atoms with van der Waals surface area (Å²) in [5.74, 6) is -2.82. The van der Waals surface area contributed by atoms with Gasteiger partial charge in [0.15, 0.2) is 0 Å². The first-order valence-electron chi connectivity index (χ1n) is 3.40. The van der Waals surface area contributed by atoms with E-state index in [9.17, 15) is 14.4 Å². The van der Waals surface area contributed by atoms with E-state index in [-0.39, 0.29) is 16.9 Å². The molecule has 0 unspecified atom stereocenters. The van der Waals surface area contributed by atoms with Crippen LogP contribution in [0.2, 0.25) is 0 Å². The molecule has 2 aliphatic rings. The molecule has 0 aromatic rings. The summed E-state index contributed by atoms with van der Waals surface area (Å²) in [6.07, 6.45) is 0.0901. The average Bonchev–Trinajstić information content (AvgIpc) is 2.41. The number of fused-ring (bicyclic) bond motifs is 2. The van der Waals surface area contributed by atoms with Crippen LogP contribution < -0.4 is 0 Å². The maximum Gasteiger partial charge on any atom is 0.333 e. The Balaban J connectivity index is 2.56. The van der Waals surface area contributed by atoms with Crippen molar-refractivity contribution < 1.29 is 19.5 Å². The number of thioether (sulfide) groups is 1. The number of carboxylic acid groups (broad SMARTS) is 1. The Bertz CT molecular complexity index is 407. The highest BCUT2D eigenvalue weighted by Gasteiger charge is 2.37. The fourth-order valence-electron chi connectivity index (χ4n) is 1.13. The van der Waals surface area contributed by atoms with E-state index >= 15 is 0 Å². The van der Waals surface area contributed by atoms with Crippen LogP contribution in [0.4, 0.5) is 0 Å². The predicted octanol–water partition coefficient (Wildman–Crippen LogP) is -0.0302. The van der Waals surface area contributed by atoms with Crippen molar-refractivity contribution in [3.8, 4) is 0 Å². The molecule has 66 valence electrons. The first kappa shape index (κ1) is 8.18. The zero-order valence-corrected chi connectivity index (χ0v) is 7.05. The Morgan fingerprint density at radius 3 is 2.77 bits per heavy atom. The number of aliphatic imine (C=N–C) groups is 1. The number of carboxylic acids is 1. The molecule has 2 bridgehead atoms. The number of amides is 1. The van der Waals surface area contributed by atoms with Crippen LogP contribution in [0.25, 0.3) is 0 Å². The fraction of sp³-hybridized carbons (Fsp3) is 0.143. The Hall–Kier alpha value is -1.43. The van der Waals surface area contributed by atoms with Crippen molar-refractivity contribution in [3.05, 3.63) is 10.5 Å². The summed E-state index contributed by atoms with van der Waals surface area (Å²) in [4.78, 5) is 36.0. The van der Waals surface area contributed by atoms with E-state index in [0.29, 0.717) is 5.04 Å². The number of hydrogen-bond acceptors (Lipinski definition) is 4. The molecule has 0 radical (unpaired) electrons. The first-order valence-corrected chi connectivity index (χ1v) is 4.22. The van der Waals surface area contributed by atoms with E-state index < -0.39 is 17.7 Å². The minimum absolute atomic E-state index is 0.0143. The summed E-state index contributed by atoms with van der Waals surface area (Å²) in [6.45, 7) is 0. The molecule has 2 aliphatic heterocycles. The highest BCUT2D eigenvalue weighted by molar-refractivity contribution is 8.18. The van der Waals surface area contributed by atoms with Gasteiger partial charge in [-0.1, -0.05) is 11.8 Å². The number of ketones is 1. The summed E-state index contributed by atoms with van der Waals surface area (Å²) in [7, 11) is 0. The summed E-state index contributed by atoms with van der Waals surface area (Å²) in [5, 5.41) is 9.07. The van der Waals surface area contributed by atoms with Gasteiger partial charge in [0, 0.05) is 6.42 Å². The molecule has 0 fully saturated rings. The number of carbonyl (C=O) groups is 3. The fourth-order valence-corrected chi connectivity index (χ4v) is 2.17. The largest absolute Gasteiger partial charge is 0.478 e. The van der Waals surface area contributed by atoms with E-state index in [4.69, 9.17) is 5.11 Å². The normalized spacial score (nSPS) is 20.8. The molecular formula is C7H3NO4S. The highest BCUT2D eigenvalue weighted by atomic mass is 32.2. The number of nitrogens with zero attached hydrogens (tertiary/aromatic N) is 1. The van der Waals surface area contributed by atoms with Gasteiger partial charge in [0.05, 0.1) is 15.5 Å². The molecule has 0 aliphatic carbocycles. The Morgan fingerprint density at radius 1 is 1.46 bits per heavy atom. The topological polar surface area (TPSA) is 83.8 Å². The second kappa shape index (κ2) is 2.53. The third kappa shape index (κ3) is 1.10. The standard InChI is InChI=1S/C7H3NO4S/c9-4-5-2(7(11)12)1-3(13-5)8-6(4)10/h1H2,(H,11,12). The van der Waals surface area contributed by atoms with E-state index in [1.165, 1.54) is 0 Å². The number of hydrogen-bond donors (Lipinski definition) is 1. The van der Waals surface area contributed by atoms with E-state index in [2.05, 4.69) is 4.99 Å². The summed E-state index contributed by atoms with van der Waals surface area (Å²) in [5.41, 5.74) is -0.0143. The van der Waals surface area contributed by atoms with Crippen molar-refractivity contribution in [1.29, 1.82) is 0 Å². The minimum atomic E-state index is -1.16. The van der Waals surface area contributed by atoms with Crippen LogP contribution in [0.5, 0.6) is 0 Å². The second-order valence-electron chi connectivity index (χ2n) is 2.53. The number of Topliss-reactive ketones (excluding diaryl/α,β-unsaturated/α-hetero) is 1. The molecule has 0 atom stereocenters. The van der Waals surface area contributed by atoms with Crippen LogP contribution in [0.3, 0.4) is 0 Å². The summed E-state index contributed by atoms with van der Waals surface area (Å²) >= 11 is 0.979. The van der Waals surface area contributed by atoms with Crippen LogP contribution in [-0.2, 0) is 14.4 Å². The quantitative estimate of drug-likeness (QED) is 0.597. The molecule has 1 N–H and O–H groups in total. The molecule has 0 aromatic heterocycles. The summed E-state index contributed by atoms with van der Waals surface area (Å²) in [6, 6.07) is 0. The first-order chi connectivity index (χ1) is 6.09. The Kier molecular flexibility index (Phi) is 1.59. The van der Waals surface area contributed by atoms with Gasteiger partial charge in [-0.2, -0.15) is 0 Å². The van der Waals surface area contributed by atoms with Crippen molar-refractivity contribution in [2.75, 3.05) is 0 Å². The number of carbonyl (C=O) groups excluding carboxylic acids is 2. The molecule has 0 saturated carbocycles. The maximum absolute atomic E-state index is 11.1.